The molecule has 0 aliphatic heterocycles. The van der Waals surface area contributed by atoms with Crippen LogP contribution in [0.15, 0.2) is 36.4 Å². The van der Waals surface area contributed by atoms with Gasteiger partial charge in [-0.05, 0) is 35.4 Å². The monoisotopic (exact) mass is 296 g/mol. The van der Waals surface area contributed by atoms with E-state index in [-0.39, 0.29) is 10.6 Å². The SMILES string of the molecule is COc1cc(-c2ccc(Cl)c(C(=O)O)c2)ccc1Cl. The Hall–Kier alpha value is -1.71. The lowest BCUT2D eigenvalue weighted by Gasteiger charge is -2.08. The number of aromatic carboxylic acids is 1. The third-order valence-corrected chi connectivity index (χ3v) is 3.32. The Balaban J connectivity index is 2.53. The minimum Gasteiger partial charge on any atom is -0.495 e. The summed E-state index contributed by atoms with van der Waals surface area (Å²) < 4.78 is 5.13. The van der Waals surface area contributed by atoms with Gasteiger partial charge >= 0.3 is 5.97 Å². The summed E-state index contributed by atoms with van der Waals surface area (Å²) in [5, 5.41) is 9.76. The fraction of sp³-hybridized carbons (Fsp3) is 0.0714. The molecule has 98 valence electrons. The quantitative estimate of drug-likeness (QED) is 0.915. The Bertz CT molecular complexity index is 639. The minimum atomic E-state index is -1.06. The fourth-order valence-corrected chi connectivity index (χ4v) is 2.10. The van der Waals surface area contributed by atoms with Crippen LogP contribution in [0.1, 0.15) is 10.4 Å². The van der Waals surface area contributed by atoms with Crippen LogP contribution in [0.5, 0.6) is 5.75 Å². The zero-order chi connectivity index (χ0) is 14.0. The molecule has 3 nitrogen and oxygen atoms in total. The van der Waals surface area contributed by atoms with Crippen molar-refractivity contribution in [3.05, 3.63) is 52.0 Å². The number of carbonyl (C=O) groups is 1. The molecule has 0 spiro atoms. The molecule has 2 aromatic rings. The number of carboxylic acids is 1. The fourth-order valence-electron chi connectivity index (χ4n) is 1.71. The Morgan fingerprint density at radius 2 is 1.63 bits per heavy atom. The molecule has 0 saturated carbocycles. The van der Waals surface area contributed by atoms with Crippen LogP contribution in [0.25, 0.3) is 11.1 Å². The summed E-state index contributed by atoms with van der Waals surface area (Å²) in [6.45, 7) is 0. The van der Waals surface area contributed by atoms with E-state index >= 15 is 0 Å². The van der Waals surface area contributed by atoms with E-state index in [4.69, 9.17) is 33.0 Å². The molecule has 19 heavy (non-hydrogen) atoms. The molecule has 0 aliphatic carbocycles. The molecule has 0 bridgehead atoms. The molecule has 0 amide bonds. The van der Waals surface area contributed by atoms with Crippen LogP contribution in [-0.4, -0.2) is 18.2 Å². The summed E-state index contributed by atoms with van der Waals surface area (Å²) in [7, 11) is 1.52. The van der Waals surface area contributed by atoms with Crippen molar-refractivity contribution in [2.24, 2.45) is 0 Å². The summed E-state index contributed by atoms with van der Waals surface area (Å²) in [4.78, 5) is 11.1. The lowest BCUT2D eigenvalue weighted by Crippen LogP contribution is -1.97. The second-order valence-corrected chi connectivity index (χ2v) is 4.66. The molecule has 0 radical (unpaired) electrons. The molecular formula is C14H10Cl2O3. The van der Waals surface area contributed by atoms with E-state index in [1.165, 1.54) is 13.2 Å². The van der Waals surface area contributed by atoms with Crippen LogP contribution in [0, 0.1) is 0 Å². The summed E-state index contributed by atoms with van der Waals surface area (Å²) in [6.07, 6.45) is 0. The van der Waals surface area contributed by atoms with Crippen molar-refractivity contribution in [3.63, 3.8) is 0 Å². The van der Waals surface area contributed by atoms with Gasteiger partial charge in [-0.15, -0.1) is 0 Å². The number of carboxylic acid groups (broad SMARTS) is 1. The molecule has 1 N–H and O–H groups in total. The number of halogens is 2. The second kappa shape index (κ2) is 5.51. The normalized spacial score (nSPS) is 10.3. The van der Waals surface area contributed by atoms with Crippen molar-refractivity contribution >= 4 is 29.2 Å². The van der Waals surface area contributed by atoms with Gasteiger partial charge in [0, 0.05) is 0 Å². The highest BCUT2D eigenvalue weighted by Gasteiger charge is 2.11. The lowest BCUT2D eigenvalue weighted by atomic mass is 10.0. The molecule has 0 aromatic heterocycles. The number of benzene rings is 2. The van der Waals surface area contributed by atoms with E-state index in [1.54, 1.807) is 30.3 Å². The molecule has 0 atom stereocenters. The first-order valence-electron chi connectivity index (χ1n) is 5.39. The van der Waals surface area contributed by atoms with Gasteiger partial charge < -0.3 is 9.84 Å². The van der Waals surface area contributed by atoms with Crippen LogP contribution in [0.2, 0.25) is 10.0 Å². The third-order valence-electron chi connectivity index (χ3n) is 2.68. The first-order valence-corrected chi connectivity index (χ1v) is 6.15. The molecular weight excluding hydrogens is 287 g/mol. The van der Waals surface area contributed by atoms with Crippen LogP contribution in [-0.2, 0) is 0 Å². The Labute approximate surface area is 120 Å². The summed E-state index contributed by atoms with van der Waals surface area (Å²) in [5.74, 6) is -0.529. The van der Waals surface area contributed by atoms with Gasteiger partial charge in [0.25, 0.3) is 0 Å². The summed E-state index contributed by atoms with van der Waals surface area (Å²) in [5.41, 5.74) is 1.60. The first kappa shape index (κ1) is 13.7. The van der Waals surface area contributed by atoms with E-state index in [0.29, 0.717) is 10.8 Å². The Morgan fingerprint density at radius 1 is 1.05 bits per heavy atom. The molecule has 0 aliphatic rings. The van der Waals surface area contributed by atoms with E-state index in [9.17, 15) is 4.79 Å². The van der Waals surface area contributed by atoms with Crippen molar-refractivity contribution in [2.75, 3.05) is 7.11 Å². The maximum atomic E-state index is 11.1. The van der Waals surface area contributed by atoms with Gasteiger partial charge in [0.15, 0.2) is 0 Å². The van der Waals surface area contributed by atoms with Crippen molar-refractivity contribution in [1.29, 1.82) is 0 Å². The van der Waals surface area contributed by atoms with Crippen LogP contribution in [0.4, 0.5) is 0 Å². The second-order valence-electron chi connectivity index (χ2n) is 3.85. The van der Waals surface area contributed by atoms with Crippen molar-refractivity contribution in [2.45, 2.75) is 0 Å². The van der Waals surface area contributed by atoms with Crippen molar-refractivity contribution in [3.8, 4) is 16.9 Å². The predicted octanol–water partition coefficient (Wildman–Crippen LogP) is 4.37. The van der Waals surface area contributed by atoms with Gasteiger partial charge in [0.2, 0.25) is 0 Å². The molecule has 5 heteroatoms. The van der Waals surface area contributed by atoms with E-state index in [0.717, 1.165) is 11.1 Å². The molecule has 0 saturated heterocycles. The van der Waals surface area contributed by atoms with Crippen LogP contribution < -0.4 is 4.74 Å². The largest absolute Gasteiger partial charge is 0.495 e. The Morgan fingerprint density at radius 3 is 2.21 bits per heavy atom. The summed E-state index contributed by atoms with van der Waals surface area (Å²) >= 11 is 11.8. The van der Waals surface area contributed by atoms with E-state index < -0.39 is 5.97 Å². The molecule has 2 aromatic carbocycles. The zero-order valence-corrected chi connectivity index (χ0v) is 11.5. The maximum Gasteiger partial charge on any atom is 0.337 e. The van der Waals surface area contributed by atoms with Crippen LogP contribution >= 0.6 is 23.2 Å². The number of hydrogen-bond donors (Lipinski definition) is 1. The number of hydrogen-bond acceptors (Lipinski definition) is 2. The standard InChI is InChI=1S/C14H10Cl2O3/c1-19-13-7-9(3-5-12(13)16)8-2-4-11(15)10(6-8)14(17)18/h2-7H,1H3,(H,17,18). The maximum absolute atomic E-state index is 11.1. The molecule has 2 rings (SSSR count). The van der Waals surface area contributed by atoms with Crippen molar-refractivity contribution < 1.29 is 14.6 Å². The van der Waals surface area contributed by atoms with E-state index in [2.05, 4.69) is 0 Å². The van der Waals surface area contributed by atoms with Crippen LogP contribution in [0.3, 0.4) is 0 Å². The predicted molar refractivity (Wildman–Crippen MR) is 75.4 cm³/mol. The highest BCUT2D eigenvalue weighted by atomic mass is 35.5. The number of rotatable bonds is 3. The first-order chi connectivity index (χ1) is 9.02. The lowest BCUT2D eigenvalue weighted by molar-refractivity contribution is 0.0697. The average Bonchev–Trinajstić information content (AvgIpc) is 2.39. The number of methoxy groups -OCH3 is 1. The Kier molecular flexibility index (Phi) is 3.98. The zero-order valence-electron chi connectivity index (χ0n) is 9.98. The highest BCUT2D eigenvalue weighted by Crippen LogP contribution is 2.32. The third kappa shape index (κ3) is 2.83. The van der Waals surface area contributed by atoms with Gasteiger partial charge in [-0.3, -0.25) is 0 Å². The van der Waals surface area contributed by atoms with Gasteiger partial charge in [-0.25, -0.2) is 4.79 Å². The average molecular weight is 297 g/mol. The van der Waals surface area contributed by atoms with Gasteiger partial charge in [0.1, 0.15) is 5.75 Å². The minimum absolute atomic E-state index is 0.0630. The topological polar surface area (TPSA) is 46.5 Å². The van der Waals surface area contributed by atoms with Crippen molar-refractivity contribution in [1.82, 2.24) is 0 Å². The van der Waals surface area contributed by atoms with Gasteiger partial charge in [-0.2, -0.15) is 0 Å². The highest BCUT2D eigenvalue weighted by molar-refractivity contribution is 6.33. The summed E-state index contributed by atoms with van der Waals surface area (Å²) in [6, 6.07) is 10.1. The molecule has 0 heterocycles. The molecule has 0 fully saturated rings. The smallest absolute Gasteiger partial charge is 0.337 e. The number of ether oxygens (including phenoxy) is 1. The molecule has 0 unspecified atom stereocenters. The van der Waals surface area contributed by atoms with E-state index in [1.807, 2.05) is 0 Å². The van der Waals surface area contributed by atoms with Gasteiger partial charge in [-0.1, -0.05) is 35.3 Å². The van der Waals surface area contributed by atoms with Gasteiger partial charge in [0.05, 0.1) is 22.7 Å².